The molecule has 1 aliphatic heterocycles. The van der Waals surface area contributed by atoms with Crippen LogP contribution in [0.15, 0.2) is 0 Å². The SMILES string of the molecule is NC1(C(=O)NC2CCC(=O)NC2)CC1. The normalized spacial score (nSPS) is 29.2. The molecule has 0 aromatic rings. The smallest absolute Gasteiger partial charge is 0.240 e. The minimum atomic E-state index is -0.610. The molecule has 1 unspecified atom stereocenters. The van der Waals surface area contributed by atoms with E-state index in [2.05, 4.69) is 10.6 Å². The van der Waals surface area contributed by atoms with E-state index in [1.54, 1.807) is 0 Å². The van der Waals surface area contributed by atoms with Crippen LogP contribution >= 0.6 is 0 Å². The Labute approximate surface area is 82.4 Å². The molecule has 2 fully saturated rings. The fraction of sp³-hybridized carbons (Fsp3) is 0.778. The highest BCUT2D eigenvalue weighted by Crippen LogP contribution is 2.32. The molecule has 1 saturated heterocycles. The molecule has 4 N–H and O–H groups in total. The summed E-state index contributed by atoms with van der Waals surface area (Å²) < 4.78 is 0. The molecule has 0 bridgehead atoms. The van der Waals surface area contributed by atoms with Crippen molar-refractivity contribution in [2.75, 3.05) is 6.54 Å². The summed E-state index contributed by atoms with van der Waals surface area (Å²) in [4.78, 5) is 22.4. The van der Waals surface area contributed by atoms with Gasteiger partial charge in [-0.05, 0) is 19.3 Å². The zero-order valence-electron chi connectivity index (χ0n) is 8.01. The number of piperidine rings is 1. The Morgan fingerprint density at radius 1 is 1.57 bits per heavy atom. The first-order valence-electron chi connectivity index (χ1n) is 4.97. The zero-order valence-corrected chi connectivity index (χ0v) is 8.01. The lowest BCUT2D eigenvalue weighted by Crippen LogP contribution is -2.52. The van der Waals surface area contributed by atoms with Crippen molar-refractivity contribution in [3.8, 4) is 0 Å². The van der Waals surface area contributed by atoms with E-state index in [9.17, 15) is 9.59 Å². The molecule has 5 nitrogen and oxygen atoms in total. The molecule has 2 aliphatic rings. The first-order chi connectivity index (χ1) is 6.60. The van der Waals surface area contributed by atoms with Crippen molar-refractivity contribution < 1.29 is 9.59 Å². The van der Waals surface area contributed by atoms with E-state index in [0.717, 1.165) is 12.8 Å². The van der Waals surface area contributed by atoms with Gasteiger partial charge in [-0.2, -0.15) is 0 Å². The molecule has 0 radical (unpaired) electrons. The fourth-order valence-electron chi connectivity index (χ4n) is 1.55. The van der Waals surface area contributed by atoms with Gasteiger partial charge in [0.2, 0.25) is 11.8 Å². The topological polar surface area (TPSA) is 84.2 Å². The Kier molecular flexibility index (Phi) is 2.19. The van der Waals surface area contributed by atoms with Gasteiger partial charge in [0.1, 0.15) is 0 Å². The molecule has 2 rings (SSSR count). The summed E-state index contributed by atoms with van der Waals surface area (Å²) in [5.41, 5.74) is 5.13. The summed E-state index contributed by atoms with van der Waals surface area (Å²) in [6, 6.07) is 0.0567. The number of amides is 2. The first-order valence-corrected chi connectivity index (χ1v) is 4.97. The summed E-state index contributed by atoms with van der Waals surface area (Å²) in [5.74, 6) is -0.0111. The summed E-state index contributed by atoms with van der Waals surface area (Å²) in [6.07, 6.45) is 2.76. The van der Waals surface area contributed by atoms with Gasteiger partial charge in [0.05, 0.1) is 5.54 Å². The molecule has 78 valence electrons. The number of carbonyl (C=O) groups is 2. The molecule has 1 aliphatic carbocycles. The Morgan fingerprint density at radius 3 is 2.79 bits per heavy atom. The highest BCUT2D eigenvalue weighted by molar-refractivity contribution is 5.89. The number of hydrogen-bond donors (Lipinski definition) is 3. The number of nitrogens with two attached hydrogens (primary N) is 1. The summed E-state index contributed by atoms with van der Waals surface area (Å²) in [5, 5.41) is 5.58. The van der Waals surface area contributed by atoms with Gasteiger partial charge < -0.3 is 16.4 Å². The van der Waals surface area contributed by atoms with E-state index < -0.39 is 5.54 Å². The van der Waals surface area contributed by atoms with E-state index in [1.807, 2.05) is 0 Å². The molecule has 0 aromatic carbocycles. The standard InChI is InChI=1S/C9H15N3O2/c10-9(3-4-9)8(14)12-6-1-2-7(13)11-5-6/h6H,1-5,10H2,(H,11,13)(H,12,14). The van der Waals surface area contributed by atoms with Crippen molar-refractivity contribution in [3.63, 3.8) is 0 Å². The number of hydrogen-bond acceptors (Lipinski definition) is 3. The minimum absolute atomic E-state index is 0.0567. The molecule has 5 heteroatoms. The van der Waals surface area contributed by atoms with Gasteiger partial charge in [0, 0.05) is 19.0 Å². The maximum absolute atomic E-state index is 11.5. The Morgan fingerprint density at radius 2 is 2.29 bits per heavy atom. The van der Waals surface area contributed by atoms with Crippen LogP contribution in [0.3, 0.4) is 0 Å². The highest BCUT2D eigenvalue weighted by atomic mass is 16.2. The van der Waals surface area contributed by atoms with Gasteiger partial charge >= 0.3 is 0 Å². The van der Waals surface area contributed by atoms with Gasteiger partial charge in [-0.3, -0.25) is 9.59 Å². The summed E-state index contributed by atoms with van der Waals surface area (Å²) in [6.45, 7) is 0.528. The van der Waals surface area contributed by atoms with Crippen LogP contribution in [0, 0.1) is 0 Å². The predicted octanol–water partition coefficient (Wildman–Crippen LogP) is -1.13. The molecular weight excluding hydrogens is 182 g/mol. The van der Waals surface area contributed by atoms with Crippen molar-refractivity contribution >= 4 is 11.8 Å². The molecule has 1 atom stereocenters. The average molecular weight is 197 g/mol. The van der Waals surface area contributed by atoms with Crippen LogP contribution in [-0.4, -0.2) is 29.9 Å². The monoisotopic (exact) mass is 197 g/mol. The predicted molar refractivity (Wildman–Crippen MR) is 50.3 cm³/mol. The van der Waals surface area contributed by atoms with E-state index >= 15 is 0 Å². The summed E-state index contributed by atoms with van der Waals surface area (Å²) in [7, 11) is 0. The highest BCUT2D eigenvalue weighted by Gasteiger charge is 2.46. The Bertz CT molecular complexity index is 263. The quantitative estimate of drug-likeness (QED) is 0.524. The van der Waals surface area contributed by atoms with Crippen LogP contribution in [0.1, 0.15) is 25.7 Å². The Hall–Kier alpha value is -1.10. The van der Waals surface area contributed by atoms with Crippen LogP contribution in [0.5, 0.6) is 0 Å². The van der Waals surface area contributed by atoms with Crippen molar-refractivity contribution in [2.45, 2.75) is 37.3 Å². The first kappa shape index (κ1) is 9.45. The van der Waals surface area contributed by atoms with Crippen LogP contribution < -0.4 is 16.4 Å². The van der Waals surface area contributed by atoms with Crippen molar-refractivity contribution in [1.29, 1.82) is 0 Å². The van der Waals surface area contributed by atoms with Gasteiger partial charge in [0.25, 0.3) is 0 Å². The van der Waals surface area contributed by atoms with Crippen molar-refractivity contribution in [2.24, 2.45) is 5.73 Å². The largest absolute Gasteiger partial charge is 0.354 e. The number of carbonyl (C=O) groups excluding carboxylic acids is 2. The van der Waals surface area contributed by atoms with Crippen molar-refractivity contribution in [3.05, 3.63) is 0 Å². The van der Waals surface area contributed by atoms with Crippen LogP contribution in [0.25, 0.3) is 0 Å². The number of nitrogens with one attached hydrogen (secondary N) is 2. The number of rotatable bonds is 2. The van der Waals surface area contributed by atoms with Gasteiger partial charge in [-0.25, -0.2) is 0 Å². The third-order valence-corrected chi connectivity index (χ3v) is 2.84. The second-order valence-corrected chi connectivity index (χ2v) is 4.17. The second kappa shape index (κ2) is 3.24. The maximum Gasteiger partial charge on any atom is 0.240 e. The van der Waals surface area contributed by atoms with E-state index in [1.165, 1.54) is 0 Å². The Balaban J connectivity index is 1.80. The van der Waals surface area contributed by atoms with Crippen LogP contribution in [0.2, 0.25) is 0 Å². The molecule has 1 saturated carbocycles. The molecule has 14 heavy (non-hydrogen) atoms. The fourth-order valence-corrected chi connectivity index (χ4v) is 1.55. The zero-order chi connectivity index (χ0) is 10.2. The maximum atomic E-state index is 11.5. The summed E-state index contributed by atoms with van der Waals surface area (Å²) >= 11 is 0. The van der Waals surface area contributed by atoms with Gasteiger partial charge in [-0.1, -0.05) is 0 Å². The molecular formula is C9H15N3O2. The van der Waals surface area contributed by atoms with E-state index in [0.29, 0.717) is 19.4 Å². The van der Waals surface area contributed by atoms with E-state index in [4.69, 9.17) is 5.73 Å². The third kappa shape index (κ3) is 1.87. The van der Waals surface area contributed by atoms with E-state index in [-0.39, 0.29) is 17.9 Å². The average Bonchev–Trinajstić information content (AvgIpc) is 2.89. The van der Waals surface area contributed by atoms with Gasteiger partial charge in [0.15, 0.2) is 0 Å². The lowest BCUT2D eigenvalue weighted by Gasteiger charge is -2.24. The molecule has 0 aromatic heterocycles. The lowest BCUT2D eigenvalue weighted by atomic mass is 10.1. The second-order valence-electron chi connectivity index (χ2n) is 4.17. The third-order valence-electron chi connectivity index (χ3n) is 2.84. The lowest BCUT2D eigenvalue weighted by molar-refractivity contribution is -0.126. The van der Waals surface area contributed by atoms with Gasteiger partial charge in [-0.15, -0.1) is 0 Å². The minimum Gasteiger partial charge on any atom is -0.354 e. The molecule has 1 heterocycles. The molecule has 2 amide bonds. The molecule has 0 spiro atoms. The van der Waals surface area contributed by atoms with Crippen LogP contribution in [-0.2, 0) is 9.59 Å². The van der Waals surface area contributed by atoms with Crippen molar-refractivity contribution in [1.82, 2.24) is 10.6 Å². The van der Waals surface area contributed by atoms with Crippen LogP contribution in [0.4, 0.5) is 0 Å².